The summed E-state index contributed by atoms with van der Waals surface area (Å²) in [7, 11) is -3.24. The number of aryl methyl sites for hydroxylation is 2. The molecule has 2 heterocycles. The molecule has 1 aromatic heterocycles. The van der Waals surface area contributed by atoms with Crippen molar-refractivity contribution < 1.29 is 8.42 Å². The fourth-order valence-electron chi connectivity index (χ4n) is 4.44. The Morgan fingerprint density at radius 1 is 1.07 bits per heavy atom. The van der Waals surface area contributed by atoms with Gasteiger partial charge in [0.2, 0.25) is 10.0 Å². The van der Waals surface area contributed by atoms with Crippen molar-refractivity contribution in [3.05, 3.63) is 47.5 Å². The van der Waals surface area contributed by atoms with Crippen LogP contribution in [0.1, 0.15) is 55.9 Å². The standard InChI is InChI=1S/C20H28N4O2S/c1-16-13-23(27(25,26)15-18-9-5-6-10-18)14-20-22-21-19(24(16)20)12-11-17-7-3-2-4-8-17/h2-4,7-8,16,18H,5-6,9-15H2,1H3/t16-/m0/s1. The van der Waals surface area contributed by atoms with Gasteiger partial charge in [0, 0.05) is 19.0 Å². The van der Waals surface area contributed by atoms with E-state index < -0.39 is 10.0 Å². The summed E-state index contributed by atoms with van der Waals surface area (Å²) in [6.07, 6.45) is 6.14. The molecule has 1 aliphatic carbocycles. The highest BCUT2D eigenvalue weighted by molar-refractivity contribution is 7.89. The van der Waals surface area contributed by atoms with Crippen molar-refractivity contribution in [2.24, 2.45) is 5.92 Å². The molecule has 1 aliphatic heterocycles. The zero-order valence-electron chi connectivity index (χ0n) is 15.9. The van der Waals surface area contributed by atoms with Gasteiger partial charge in [-0.3, -0.25) is 0 Å². The molecule has 0 spiro atoms. The van der Waals surface area contributed by atoms with Gasteiger partial charge in [0.25, 0.3) is 0 Å². The molecule has 0 amide bonds. The molecule has 0 radical (unpaired) electrons. The molecule has 1 saturated carbocycles. The Bertz CT molecular complexity index is 873. The van der Waals surface area contributed by atoms with Gasteiger partial charge in [-0.2, -0.15) is 4.31 Å². The Balaban J connectivity index is 1.46. The molecule has 1 atom stereocenters. The minimum atomic E-state index is -3.24. The second kappa shape index (κ2) is 7.72. The molecule has 7 heteroatoms. The lowest BCUT2D eigenvalue weighted by molar-refractivity contribution is 0.285. The van der Waals surface area contributed by atoms with E-state index in [1.807, 2.05) is 18.2 Å². The quantitative estimate of drug-likeness (QED) is 0.763. The van der Waals surface area contributed by atoms with E-state index in [2.05, 4.69) is 33.8 Å². The van der Waals surface area contributed by atoms with Crippen LogP contribution in [0, 0.1) is 5.92 Å². The zero-order valence-corrected chi connectivity index (χ0v) is 16.7. The Labute approximate surface area is 161 Å². The summed E-state index contributed by atoms with van der Waals surface area (Å²) in [4.78, 5) is 0. The molecule has 0 N–H and O–H groups in total. The van der Waals surface area contributed by atoms with Crippen molar-refractivity contribution in [1.82, 2.24) is 19.1 Å². The maximum absolute atomic E-state index is 12.9. The lowest BCUT2D eigenvalue weighted by Crippen LogP contribution is -2.42. The molecule has 1 fully saturated rings. The molecular weight excluding hydrogens is 360 g/mol. The van der Waals surface area contributed by atoms with Crippen molar-refractivity contribution in [3.8, 4) is 0 Å². The Morgan fingerprint density at radius 3 is 2.56 bits per heavy atom. The highest BCUT2D eigenvalue weighted by Crippen LogP contribution is 2.29. The fourth-order valence-corrected chi connectivity index (χ4v) is 6.33. The van der Waals surface area contributed by atoms with Gasteiger partial charge in [0.15, 0.2) is 0 Å². The van der Waals surface area contributed by atoms with Gasteiger partial charge in [-0.25, -0.2) is 8.42 Å². The van der Waals surface area contributed by atoms with Crippen LogP contribution in [0.2, 0.25) is 0 Å². The predicted molar refractivity (Wildman–Crippen MR) is 105 cm³/mol. The number of nitrogens with zero attached hydrogens (tertiary/aromatic N) is 4. The number of aromatic nitrogens is 3. The van der Waals surface area contributed by atoms with Gasteiger partial charge in [-0.1, -0.05) is 43.2 Å². The number of hydrogen-bond donors (Lipinski definition) is 0. The lowest BCUT2D eigenvalue weighted by atomic mass is 10.1. The van der Waals surface area contributed by atoms with Gasteiger partial charge in [-0.05, 0) is 37.7 Å². The van der Waals surface area contributed by atoms with Crippen LogP contribution in [0.25, 0.3) is 0 Å². The highest BCUT2D eigenvalue weighted by Gasteiger charge is 2.34. The number of hydrogen-bond acceptors (Lipinski definition) is 4. The second-order valence-corrected chi connectivity index (χ2v) is 9.97. The SMILES string of the molecule is C[C@H]1CN(S(=O)(=O)CC2CCCC2)Cc2nnc(CCc3ccccc3)n21. The molecule has 4 rings (SSSR count). The van der Waals surface area contributed by atoms with Crippen LogP contribution >= 0.6 is 0 Å². The van der Waals surface area contributed by atoms with Crippen LogP contribution in [-0.2, 0) is 29.4 Å². The number of benzene rings is 1. The molecule has 0 saturated heterocycles. The van der Waals surface area contributed by atoms with Crippen LogP contribution in [-0.4, -0.2) is 39.8 Å². The van der Waals surface area contributed by atoms with Crippen molar-refractivity contribution in [2.75, 3.05) is 12.3 Å². The van der Waals surface area contributed by atoms with E-state index in [0.29, 0.717) is 19.0 Å². The van der Waals surface area contributed by atoms with Gasteiger partial charge < -0.3 is 4.57 Å². The number of rotatable bonds is 6. The van der Waals surface area contributed by atoms with Crippen LogP contribution in [0.4, 0.5) is 0 Å². The first-order valence-electron chi connectivity index (χ1n) is 9.97. The van der Waals surface area contributed by atoms with E-state index >= 15 is 0 Å². The van der Waals surface area contributed by atoms with Crippen molar-refractivity contribution in [1.29, 1.82) is 0 Å². The minimum absolute atomic E-state index is 0.0628. The first-order valence-corrected chi connectivity index (χ1v) is 11.6. The molecule has 2 aromatic rings. The smallest absolute Gasteiger partial charge is 0.214 e. The van der Waals surface area contributed by atoms with Crippen LogP contribution in [0.3, 0.4) is 0 Å². The maximum atomic E-state index is 12.9. The molecule has 1 aromatic carbocycles. The first-order chi connectivity index (χ1) is 13.0. The number of sulfonamides is 1. The van der Waals surface area contributed by atoms with Gasteiger partial charge in [-0.15, -0.1) is 10.2 Å². The Hall–Kier alpha value is -1.73. The molecular formula is C20H28N4O2S. The van der Waals surface area contributed by atoms with Crippen molar-refractivity contribution in [2.45, 2.75) is 58.0 Å². The molecule has 6 nitrogen and oxygen atoms in total. The summed E-state index contributed by atoms with van der Waals surface area (Å²) in [5, 5.41) is 8.70. The van der Waals surface area contributed by atoms with E-state index in [1.165, 1.54) is 5.56 Å². The van der Waals surface area contributed by atoms with Gasteiger partial charge >= 0.3 is 0 Å². The average Bonchev–Trinajstić information content (AvgIpc) is 3.30. The Kier molecular flexibility index (Phi) is 5.32. The van der Waals surface area contributed by atoms with E-state index in [1.54, 1.807) is 4.31 Å². The molecule has 0 bridgehead atoms. The largest absolute Gasteiger partial charge is 0.310 e. The van der Waals surface area contributed by atoms with Gasteiger partial charge in [0.1, 0.15) is 11.6 Å². The summed E-state index contributed by atoms with van der Waals surface area (Å²) in [6.45, 7) is 2.92. The zero-order chi connectivity index (χ0) is 18.9. The minimum Gasteiger partial charge on any atom is -0.310 e. The van der Waals surface area contributed by atoms with E-state index in [9.17, 15) is 8.42 Å². The summed E-state index contributed by atoms with van der Waals surface area (Å²) < 4.78 is 29.5. The maximum Gasteiger partial charge on any atom is 0.214 e. The van der Waals surface area contributed by atoms with Crippen molar-refractivity contribution >= 4 is 10.0 Å². The molecule has 2 aliphatic rings. The lowest BCUT2D eigenvalue weighted by Gasteiger charge is -2.32. The molecule has 0 unspecified atom stereocenters. The molecule has 146 valence electrons. The van der Waals surface area contributed by atoms with Crippen LogP contribution in [0.15, 0.2) is 30.3 Å². The van der Waals surface area contributed by atoms with E-state index in [4.69, 9.17) is 0 Å². The summed E-state index contributed by atoms with van der Waals surface area (Å²) in [5.74, 6) is 2.34. The number of fused-ring (bicyclic) bond motifs is 1. The highest BCUT2D eigenvalue weighted by atomic mass is 32.2. The summed E-state index contributed by atoms with van der Waals surface area (Å²) >= 11 is 0. The molecule has 27 heavy (non-hydrogen) atoms. The van der Waals surface area contributed by atoms with Crippen LogP contribution in [0.5, 0.6) is 0 Å². The van der Waals surface area contributed by atoms with Crippen LogP contribution < -0.4 is 0 Å². The predicted octanol–water partition coefficient (Wildman–Crippen LogP) is 2.96. The van der Waals surface area contributed by atoms with E-state index in [-0.39, 0.29) is 11.8 Å². The normalized spacial score (nSPS) is 21.4. The Morgan fingerprint density at radius 2 is 1.81 bits per heavy atom. The van der Waals surface area contributed by atoms with Crippen molar-refractivity contribution in [3.63, 3.8) is 0 Å². The summed E-state index contributed by atoms with van der Waals surface area (Å²) in [5.41, 5.74) is 1.28. The first kappa shape index (κ1) is 18.6. The third-order valence-corrected chi connectivity index (χ3v) is 7.82. The average molecular weight is 389 g/mol. The summed E-state index contributed by atoms with van der Waals surface area (Å²) in [6, 6.07) is 10.4. The second-order valence-electron chi connectivity index (χ2n) is 7.96. The third-order valence-electron chi connectivity index (χ3n) is 5.86. The van der Waals surface area contributed by atoms with E-state index in [0.717, 1.165) is 50.2 Å². The monoisotopic (exact) mass is 388 g/mol. The fraction of sp³-hybridized carbons (Fsp3) is 0.600. The van der Waals surface area contributed by atoms with Gasteiger partial charge in [0.05, 0.1) is 12.3 Å². The topological polar surface area (TPSA) is 68.1 Å². The third kappa shape index (κ3) is 4.09.